The molecule has 0 aromatic carbocycles. The molecule has 0 bridgehead atoms. The highest BCUT2D eigenvalue weighted by Gasteiger charge is 2.13. The summed E-state index contributed by atoms with van der Waals surface area (Å²) in [6.45, 7) is 4.09. The fourth-order valence-electron chi connectivity index (χ4n) is 1.15. The topological polar surface area (TPSA) is 67.5 Å². The largest absolute Gasteiger partial charge is 0.395 e. The smallest absolute Gasteiger partial charge is 0.0556 e. The Kier molecular flexibility index (Phi) is 7.39. The van der Waals surface area contributed by atoms with Gasteiger partial charge in [0.25, 0.3) is 0 Å². The molecular formula is C8H20N2O2. The molecule has 0 aliphatic rings. The second kappa shape index (κ2) is 7.49. The lowest BCUT2D eigenvalue weighted by atomic mass is 10.0. The van der Waals surface area contributed by atoms with E-state index >= 15 is 0 Å². The summed E-state index contributed by atoms with van der Waals surface area (Å²) in [7, 11) is 1.68. The molecule has 2 unspecified atom stereocenters. The van der Waals surface area contributed by atoms with Crippen molar-refractivity contribution in [2.45, 2.75) is 13.0 Å². The number of hydrogen-bond acceptors (Lipinski definition) is 4. The lowest BCUT2D eigenvalue weighted by molar-refractivity contribution is 0.138. The lowest BCUT2D eigenvalue weighted by Crippen LogP contribution is -2.43. The Morgan fingerprint density at radius 2 is 2.25 bits per heavy atom. The van der Waals surface area contributed by atoms with Crippen molar-refractivity contribution in [2.24, 2.45) is 11.7 Å². The SMILES string of the molecule is COCC(C)C(CN)NCCO. The summed E-state index contributed by atoms with van der Waals surface area (Å²) in [5, 5.41) is 11.7. The first kappa shape index (κ1) is 11.8. The van der Waals surface area contributed by atoms with Crippen LogP contribution in [0.2, 0.25) is 0 Å². The predicted molar refractivity (Wildman–Crippen MR) is 49.0 cm³/mol. The van der Waals surface area contributed by atoms with Gasteiger partial charge in [-0.05, 0) is 5.92 Å². The third-order valence-electron chi connectivity index (χ3n) is 1.89. The van der Waals surface area contributed by atoms with Crippen LogP contribution in [0.5, 0.6) is 0 Å². The van der Waals surface area contributed by atoms with Crippen LogP contribution in [0.15, 0.2) is 0 Å². The molecule has 0 rings (SSSR count). The summed E-state index contributed by atoms with van der Waals surface area (Å²) in [4.78, 5) is 0. The van der Waals surface area contributed by atoms with Gasteiger partial charge in [-0.2, -0.15) is 0 Å². The molecule has 0 aliphatic carbocycles. The van der Waals surface area contributed by atoms with Crippen LogP contribution < -0.4 is 11.1 Å². The molecule has 12 heavy (non-hydrogen) atoms. The molecule has 0 radical (unpaired) electrons. The Morgan fingerprint density at radius 1 is 1.58 bits per heavy atom. The minimum Gasteiger partial charge on any atom is -0.395 e. The maximum atomic E-state index is 8.59. The molecular weight excluding hydrogens is 156 g/mol. The first-order valence-corrected chi connectivity index (χ1v) is 4.29. The van der Waals surface area contributed by atoms with Crippen LogP contribution >= 0.6 is 0 Å². The zero-order chi connectivity index (χ0) is 9.40. The van der Waals surface area contributed by atoms with Gasteiger partial charge in [-0.1, -0.05) is 6.92 Å². The monoisotopic (exact) mass is 176 g/mol. The van der Waals surface area contributed by atoms with E-state index in [0.29, 0.717) is 25.6 Å². The number of methoxy groups -OCH3 is 1. The molecule has 0 fully saturated rings. The van der Waals surface area contributed by atoms with Crippen LogP contribution in [0.1, 0.15) is 6.92 Å². The van der Waals surface area contributed by atoms with Gasteiger partial charge in [0.2, 0.25) is 0 Å². The number of nitrogens with one attached hydrogen (secondary N) is 1. The van der Waals surface area contributed by atoms with Gasteiger partial charge in [-0.25, -0.2) is 0 Å². The van der Waals surface area contributed by atoms with E-state index in [1.807, 2.05) is 0 Å². The van der Waals surface area contributed by atoms with Gasteiger partial charge in [-0.15, -0.1) is 0 Å². The Hall–Kier alpha value is -0.160. The number of ether oxygens (including phenoxy) is 1. The van der Waals surface area contributed by atoms with Crippen molar-refractivity contribution in [1.29, 1.82) is 0 Å². The lowest BCUT2D eigenvalue weighted by Gasteiger charge is -2.22. The van der Waals surface area contributed by atoms with E-state index < -0.39 is 0 Å². The third kappa shape index (κ3) is 4.66. The molecule has 0 saturated heterocycles. The molecule has 0 aromatic heterocycles. The average molecular weight is 176 g/mol. The van der Waals surface area contributed by atoms with E-state index in [0.717, 1.165) is 0 Å². The molecule has 0 aliphatic heterocycles. The van der Waals surface area contributed by atoms with Crippen molar-refractivity contribution in [1.82, 2.24) is 5.32 Å². The Labute approximate surface area is 74.1 Å². The molecule has 0 aromatic rings. The van der Waals surface area contributed by atoms with E-state index in [9.17, 15) is 0 Å². The maximum absolute atomic E-state index is 8.59. The summed E-state index contributed by atoms with van der Waals surface area (Å²) in [5.41, 5.74) is 5.55. The van der Waals surface area contributed by atoms with Gasteiger partial charge in [0, 0.05) is 26.2 Å². The summed E-state index contributed by atoms with van der Waals surface area (Å²) in [6.07, 6.45) is 0. The minimum absolute atomic E-state index is 0.149. The highest BCUT2D eigenvalue weighted by molar-refractivity contribution is 4.73. The molecule has 4 nitrogen and oxygen atoms in total. The van der Waals surface area contributed by atoms with Crippen molar-refractivity contribution >= 4 is 0 Å². The molecule has 0 heterocycles. The number of rotatable bonds is 7. The van der Waals surface area contributed by atoms with Crippen LogP contribution in [0.3, 0.4) is 0 Å². The van der Waals surface area contributed by atoms with E-state index in [1.54, 1.807) is 7.11 Å². The average Bonchev–Trinajstić information content (AvgIpc) is 2.06. The van der Waals surface area contributed by atoms with Gasteiger partial charge in [0.05, 0.1) is 13.2 Å². The number of hydrogen-bond donors (Lipinski definition) is 3. The minimum atomic E-state index is 0.149. The van der Waals surface area contributed by atoms with E-state index in [4.69, 9.17) is 15.6 Å². The molecule has 2 atom stereocenters. The number of aliphatic hydroxyl groups excluding tert-OH is 1. The standard InChI is InChI=1S/C8H20N2O2/c1-7(6-12-2)8(5-9)10-3-4-11/h7-8,10-11H,3-6,9H2,1-2H3. The van der Waals surface area contributed by atoms with E-state index in [-0.39, 0.29) is 12.6 Å². The Balaban J connectivity index is 3.62. The van der Waals surface area contributed by atoms with Gasteiger partial charge >= 0.3 is 0 Å². The van der Waals surface area contributed by atoms with Crippen LogP contribution in [-0.4, -0.2) is 44.6 Å². The summed E-state index contributed by atoms with van der Waals surface area (Å²) in [5.74, 6) is 0.381. The van der Waals surface area contributed by atoms with Crippen molar-refractivity contribution in [3.05, 3.63) is 0 Å². The highest BCUT2D eigenvalue weighted by atomic mass is 16.5. The molecule has 4 heteroatoms. The van der Waals surface area contributed by atoms with Gasteiger partial charge in [0.1, 0.15) is 0 Å². The fourth-order valence-corrected chi connectivity index (χ4v) is 1.15. The summed E-state index contributed by atoms with van der Waals surface area (Å²) < 4.78 is 5.01. The van der Waals surface area contributed by atoms with Crippen molar-refractivity contribution in [3.63, 3.8) is 0 Å². The molecule has 4 N–H and O–H groups in total. The van der Waals surface area contributed by atoms with Crippen LogP contribution in [0.25, 0.3) is 0 Å². The van der Waals surface area contributed by atoms with Crippen LogP contribution in [-0.2, 0) is 4.74 Å². The zero-order valence-electron chi connectivity index (χ0n) is 7.92. The first-order chi connectivity index (χ1) is 5.76. The predicted octanol–water partition coefficient (Wildman–Crippen LogP) is -0.822. The van der Waals surface area contributed by atoms with Gasteiger partial charge in [0.15, 0.2) is 0 Å². The van der Waals surface area contributed by atoms with E-state index in [1.165, 1.54) is 0 Å². The zero-order valence-corrected chi connectivity index (χ0v) is 7.92. The van der Waals surface area contributed by atoms with Crippen molar-refractivity contribution < 1.29 is 9.84 Å². The number of nitrogens with two attached hydrogens (primary N) is 1. The first-order valence-electron chi connectivity index (χ1n) is 4.29. The van der Waals surface area contributed by atoms with Crippen molar-refractivity contribution in [2.75, 3.05) is 33.4 Å². The van der Waals surface area contributed by atoms with Crippen LogP contribution in [0, 0.1) is 5.92 Å². The second-order valence-corrected chi connectivity index (χ2v) is 2.95. The normalized spacial score (nSPS) is 16.0. The molecule has 0 saturated carbocycles. The third-order valence-corrected chi connectivity index (χ3v) is 1.89. The highest BCUT2D eigenvalue weighted by Crippen LogP contribution is 2.01. The Bertz CT molecular complexity index is 101. The summed E-state index contributed by atoms with van der Waals surface area (Å²) >= 11 is 0. The second-order valence-electron chi connectivity index (χ2n) is 2.95. The quantitative estimate of drug-likeness (QED) is 0.474. The summed E-state index contributed by atoms with van der Waals surface area (Å²) in [6, 6.07) is 0.233. The van der Waals surface area contributed by atoms with Crippen LogP contribution in [0.4, 0.5) is 0 Å². The Morgan fingerprint density at radius 3 is 2.67 bits per heavy atom. The maximum Gasteiger partial charge on any atom is 0.0556 e. The van der Waals surface area contributed by atoms with Gasteiger partial charge in [-0.3, -0.25) is 0 Å². The number of aliphatic hydroxyl groups is 1. The molecule has 74 valence electrons. The van der Waals surface area contributed by atoms with Gasteiger partial charge < -0.3 is 20.9 Å². The molecule has 0 amide bonds. The molecule has 0 spiro atoms. The van der Waals surface area contributed by atoms with Crippen molar-refractivity contribution in [3.8, 4) is 0 Å². The fraction of sp³-hybridized carbons (Fsp3) is 1.00. The van der Waals surface area contributed by atoms with E-state index in [2.05, 4.69) is 12.2 Å².